The van der Waals surface area contributed by atoms with Crippen LogP contribution < -0.4 is 14.4 Å². The van der Waals surface area contributed by atoms with Crippen molar-refractivity contribution in [2.24, 2.45) is 0 Å². The van der Waals surface area contributed by atoms with E-state index < -0.39 is 6.10 Å². The van der Waals surface area contributed by atoms with Crippen LogP contribution in [0.15, 0.2) is 66.7 Å². The Hall–Kier alpha value is -3.84. The predicted molar refractivity (Wildman–Crippen MR) is 140 cm³/mol. The van der Waals surface area contributed by atoms with E-state index in [1.54, 1.807) is 12.0 Å². The summed E-state index contributed by atoms with van der Waals surface area (Å²) in [5, 5.41) is 11.0. The molecular weight excluding hydrogens is 454 g/mol. The molecule has 0 saturated carbocycles. The lowest BCUT2D eigenvalue weighted by molar-refractivity contribution is -0.117. The molecule has 1 aromatic heterocycles. The number of ether oxygens (including phenoxy) is 2. The quantitative estimate of drug-likeness (QED) is 0.394. The number of aliphatic hydroxyl groups is 1. The topological polar surface area (TPSA) is 76.8 Å². The van der Waals surface area contributed by atoms with Gasteiger partial charge in [-0.25, -0.2) is 4.98 Å². The van der Waals surface area contributed by atoms with Gasteiger partial charge in [0.2, 0.25) is 5.91 Å². The first-order chi connectivity index (χ1) is 17.4. The molecular formula is C29H31N3O4. The van der Waals surface area contributed by atoms with Crippen molar-refractivity contribution >= 4 is 22.6 Å². The Balaban J connectivity index is 1.39. The number of fused-ring (bicyclic) bond motifs is 1. The number of aromatic nitrogens is 2. The van der Waals surface area contributed by atoms with Gasteiger partial charge in [0.25, 0.3) is 0 Å². The predicted octanol–water partition coefficient (Wildman–Crippen LogP) is 4.62. The highest BCUT2D eigenvalue weighted by molar-refractivity contribution is 5.96. The molecule has 186 valence electrons. The minimum absolute atomic E-state index is 0.0470. The third-order valence-electron chi connectivity index (χ3n) is 6.76. The van der Waals surface area contributed by atoms with E-state index in [9.17, 15) is 9.90 Å². The first-order valence-electron chi connectivity index (χ1n) is 12.2. The SMILES string of the molecule is COc1cccc(N2CC(c3nc4ccccc4n3CC(O)COc3c(C)cccc3C)CC2=O)c1. The first kappa shape index (κ1) is 23.9. The molecule has 2 unspecified atom stereocenters. The van der Waals surface area contributed by atoms with E-state index in [1.807, 2.05) is 85.1 Å². The van der Waals surface area contributed by atoms with E-state index in [1.165, 1.54) is 0 Å². The normalized spacial score (nSPS) is 16.5. The third-order valence-corrected chi connectivity index (χ3v) is 6.76. The zero-order valence-corrected chi connectivity index (χ0v) is 20.8. The van der Waals surface area contributed by atoms with E-state index >= 15 is 0 Å². The monoisotopic (exact) mass is 485 g/mol. The minimum atomic E-state index is -0.744. The number of hydrogen-bond donors (Lipinski definition) is 1. The smallest absolute Gasteiger partial charge is 0.227 e. The number of nitrogens with zero attached hydrogens (tertiary/aromatic N) is 3. The highest BCUT2D eigenvalue weighted by Gasteiger charge is 2.35. The molecule has 1 aliphatic rings. The minimum Gasteiger partial charge on any atom is -0.497 e. The number of anilines is 1. The number of hydrogen-bond acceptors (Lipinski definition) is 5. The number of carbonyl (C=O) groups is 1. The van der Waals surface area contributed by atoms with Crippen molar-refractivity contribution in [1.82, 2.24) is 9.55 Å². The summed E-state index contributed by atoms with van der Waals surface area (Å²) >= 11 is 0. The summed E-state index contributed by atoms with van der Waals surface area (Å²) in [6.45, 7) is 5.01. The van der Waals surface area contributed by atoms with Crippen molar-refractivity contribution in [3.8, 4) is 11.5 Å². The van der Waals surface area contributed by atoms with E-state index in [4.69, 9.17) is 14.5 Å². The van der Waals surface area contributed by atoms with Gasteiger partial charge in [0.1, 0.15) is 30.0 Å². The van der Waals surface area contributed by atoms with Crippen molar-refractivity contribution in [2.45, 2.75) is 38.8 Å². The second kappa shape index (κ2) is 10.0. The molecule has 2 atom stereocenters. The summed E-state index contributed by atoms with van der Waals surface area (Å²) in [7, 11) is 1.62. The summed E-state index contributed by atoms with van der Waals surface area (Å²) in [5.41, 5.74) is 4.68. The highest BCUT2D eigenvalue weighted by atomic mass is 16.5. The molecule has 1 fully saturated rings. The number of imidazole rings is 1. The van der Waals surface area contributed by atoms with Crippen LogP contribution in [0.3, 0.4) is 0 Å². The molecule has 1 aliphatic heterocycles. The third kappa shape index (κ3) is 4.66. The molecule has 7 heteroatoms. The maximum Gasteiger partial charge on any atom is 0.227 e. The zero-order chi connectivity index (χ0) is 25.2. The van der Waals surface area contributed by atoms with Gasteiger partial charge in [-0.2, -0.15) is 0 Å². The fourth-order valence-corrected chi connectivity index (χ4v) is 4.98. The van der Waals surface area contributed by atoms with Crippen LogP contribution in [0.1, 0.15) is 29.3 Å². The molecule has 3 aromatic carbocycles. The van der Waals surface area contributed by atoms with Crippen LogP contribution >= 0.6 is 0 Å². The zero-order valence-electron chi connectivity index (χ0n) is 20.8. The van der Waals surface area contributed by atoms with Gasteiger partial charge in [0, 0.05) is 30.6 Å². The van der Waals surface area contributed by atoms with Gasteiger partial charge >= 0.3 is 0 Å². The molecule has 0 radical (unpaired) electrons. The second-order valence-corrected chi connectivity index (χ2v) is 9.36. The maximum atomic E-state index is 13.0. The van der Waals surface area contributed by atoms with Gasteiger partial charge < -0.3 is 24.0 Å². The Morgan fingerprint density at radius 1 is 1.06 bits per heavy atom. The molecule has 36 heavy (non-hydrogen) atoms. The molecule has 0 aliphatic carbocycles. The lowest BCUT2D eigenvalue weighted by atomic mass is 10.1. The molecule has 1 saturated heterocycles. The number of rotatable bonds is 8. The van der Waals surface area contributed by atoms with Crippen LogP contribution in [0.5, 0.6) is 11.5 Å². The molecule has 0 spiro atoms. The van der Waals surface area contributed by atoms with Crippen molar-refractivity contribution in [3.05, 3.63) is 83.7 Å². The van der Waals surface area contributed by atoms with E-state index in [2.05, 4.69) is 0 Å². The number of benzene rings is 3. The van der Waals surface area contributed by atoms with Gasteiger partial charge in [-0.1, -0.05) is 36.4 Å². The van der Waals surface area contributed by atoms with Gasteiger partial charge in [-0.05, 0) is 49.2 Å². The summed E-state index contributed by atoms with van der Waals surface area (Å²) in [6, 6.07) is 21.4. The first-order valence-corrected chi connectivity index (χ1v) is 12.2. The van der Waals surface area contributed by atoms with Crippen LogP contribution in [0.25, 0.3) is 11.0 Å². The molecule has 7 nitrogen and oxygen atoms in total. The summed E-state index contributed by atoms with van der Waals surface area (Å²) in [4.78, 5) is 19.7. The standard InChI is InChI=1S/C29H31N3O4/c1-19-8-6-9-20(2)28(19)36-18-23(33)17-32-26-13-5-4-12-25(26)30-29(32)21-14-27(34)31(16-21)22-10-7-11-24(15-22)35-3/h4-13,15,21,23,33H,14,16-18H2,1-3H3. The Bertz CT molecular complexity index is 1380. The van der Waals surface area contributed by atoms with Crippen LogP contribution in [-0.4, -0.2) is 46.9 Å². The Morgan fingerprint density at radius 2 is 1.81 bits per heavy atom. The van der Waals surface area contributed by atoms with E-state index in [0.29, 0.717) is 25.3 Å². The lowest BCUT2D eigenvalue weighted by Gasteiger charge is -2.20. The van der Waals surface area contributed by atoms with Gasteiger partial charge in [-0.15, -0.1) is 0 Å². The van der Waals surface area contributed by atoms with Crippen LogP contribution in [0, 0.1) is 13.8 Å². The maximum absolute atomic E-state index is 13.0. The number of carbonyl (C=O) groups excluding carboxylic acids is 1. The fraction of sp³-hybridized carbons (Fsp3) is 0.310. The van der Waals surface area contributed by atoms with E-state index in [-0.39, 0.29) is 18.4 Å². The molecule has 5 rings (SSSR count). The Kier molecular flexibility index (Phi) is 6.65. The molecule has 0 bridgehead atoms. The second-order valence-electron chi connectivity index (χ2n) is 9.36. The number of aryl methyl sites for hydroxylation is 2. The fourth-order valence-electron chi connectivity index (χ4n) is 4.98. The van der Waals surface area contributed by atoms with Gasteiger partial charge in [-0.3, -0.25) is 4.79 Å². The molecule has 1 amide bonds. The lowest BCUT2D eigenvalue weighted by Crippen LogP contribution is -2.26. The average Bonchev–Trinajstić information content (AvgIpc) is 3.44. The van der Waals surface area contributed by atoms with Crippen molar-refractivity contribution in [3.63, 3.8) is 0 Å². The highest BCUT2D eigenvalue weighted by Crippen LogP contribution is 2.34. The van der Waals surface area contributed by atoms with Gasteiger partial charge in [0.15, 0.2) is 0 Å². The van der Waals surface area contributed by atoms with Crippen LogP contribution in [-0.2, 0) is 11.3 Å². The summed E-state index contributed by atoms with van der Waals surface area (Å²) < 4.78 is 13.4. The van der Waals surface area contributed by atoms with Crippen molar-refractivity contribution in [1.29, 1.82) is 0 Å². The summed E-state index contributed by atoms with van der Waals surface area (Å²) in [5.74, 6) is 2.28. The van der Waals surface area contributed by atoms with Crippen LogP contribution in [0.2, 0.25) is 0 Å². The molecule has 2 heterocycles. The number of para-hydroxylation sites is 3. The molecule has 1 N–H and O–H groups in total. The molecule has 4 aromatic rings. The Morgan fingerprint density at radius 3 is 2.58 bits per heavy atom. The number of methoxy groups -OCH3 is 1. The van der Waals surface area contributed by atoms with Crippen LogP contribution in [0.4, 0.5) is 5.69 Å². The van der Waals surface area contributed by atoms with E-state index in [0.717, 1.165) is 39.4 Å². The number of amides is 1. The summed E-state index contributed by atoms with van der Waals surface area (Å²) in [6.07, 6.45) is -0.387. The average molecular weight is 486 g/mol. The van der Waals surface area contributed by atoms with Crippen molar-refractivity contribution < 1.29 is 19.4 Å². The number of aliphatic hydroxyl groups excluding tert-OH is 1. The van der Waals surface area contributed by atoms with Gasteiger partial charge in [0.05, 0.1) is 24.7 Å². The van der Waals surface area contributed by atoms with Crippen molar-refractivity contribution in [2.75, 3.05) is 25.2 Å². The Labute approximate surface area is 210 Å². The largest absolute Gasteiger partial charge is 0.497 e.